The van der Waals surface area contributed by atoms with Crippen molar-refractivity contribution in [2.75, 3.05) is 19.8 Å². The molecule has 0 aliphatic heterocycles. The van der Waals surface area contributed by atoms with Crippen molar-refractivity contribution in [3.63, 3.8) is 0 Å². The molecule has 0 heterocycles. The number of hydrogen-bond acceptors (Lipinski definition) is 4. The van der Waals surface area contributed by atoms with E-state index in [4.69, 9.17) is 21.1 Å². The molecule has 0 aromatic heterocycles. The molecule has 1 saturated carbocycles. The lowest BCUT2D eigenvalue weighted by Gasteiger charge is -2.29. The number of ether oxygens (including phenoxy) is 2. The molecule has 1 aliphatic rings. The SMILES string of the molecule is Cc1ccc(OCCNC2CCC(NC(=O)COc3ccc(Cl)cc3)CC2)cc1. The summed E-state index contributed by atoms with van der Waals surface area (Å²) in [6, 6.07) is 15.8. The normalized spacial score (nSPS) is 18.8. The first-order chi connectivity index (χ1) is 14.1. The molecule has 0 spiro atoms. The van der Waals surface area contributed by atoms with Gasteiger partial charge in [0, 0.05) is 23.7 Å². The van der Waals surface area contributed by atoms with E-state index < -0.39 is 0 Å². The molecule has 0 bridgehead atoms. The first-order valence-electron chi connectivity index (χ1n) is 10.2. The molecule has 3 rings (SSSR count). The Hall–Kier alpha value is -2.24. The summed E-state index contributed by atoms with van der Waals surface area (Å²) in [4.78, 5) is 12.1. The maximum Gasteiger partial charge on any atom is 0.258 e. The molecule has 1 amide bonds. The summed E-state index contributed by atoms with van der Waals surface area (Å²) in [6.45, 7) is 3.57. The zero-order valence-corrected chi connectivity index (χ0v) is 17.6. The number of hydrogen-bond donors (Lipinski definition) is 2. The fraction of sp³-hybridized carbons (Fsp3) is 0.435. The van der Waals surface area contributed by atoms with Crippen molar-refractivity contribution >= 4 is 17.5 Å². The summed E-state index contributed by atoms with van der Waals surface area (Å²) in [6.07, 6.45) is 4.05. The monoisotopic (exact) mass is 416 g/mol. The average Bonchev–Trinajstić information content (AvgIpc) is 2.73. The highest BCUT2D eigenvalue weighted by Gasteiger charge is 2.22. The minimum atomic E-state index is -0.0807. The fourth-order valence-corrected chi connectivity index (χ4v) is 3.58. The van der Waals surface area contributed by atoms with E-state index in [1.54, 1.807) is 24.3 Å². The van der Waals surface area contributed by atoms with Crippen molar-refractivity contribution in [2.24, 2.45) is 0 Å². The molecule has 2 N–H and O–H groups in total. The van der Waals surface area contributed by atoms with E-state index in [1.807, 2.05) is 12.1 Å². The van der Waals surface area contributed by atoms with Gasteiger partial charge in [-0.2, -0.15) is 0 Å². The Balaban J connectivity index is 1.26. The van der Waals surface area contributed by atoms with E-state index in [-0.39, 0.29) is 18.6 Å². The molecule has 0 atom stereocenters. The molecule has 2 aromatic rings. The van der Waals surface area contributed by atoms with Crippen LogP contribution in [0.2, 0.25) is 5.02 Å². The van der Waals surface area contributed by atoms with Gasteiger partial charge in [-0.1, -0.05) is 29.3 Å². The largest absolute Gasteiger partial charge is 0.492 e. The number of aryl methyl sites for hydroxylation is 1. The van der Waals surface area contributed by atoms with Gasteiger partial charge in [-0.15, -0.1) is 0 Å². The summed E-state index contributed by atoms with van der Waals surface area (Å²) < 4.78 is 11.3. The van der Waals surface area contributed by atoms with Gasteiger partial charge in [0.2, 0.25) is 0 Å². The number of halogens is 1. The number of benzene rings is 2. The van der Waals surface area contributed by atoms with Crippen LogP contribution in [0.5, 0.6) is 11.5 Å². The van der Waals surface area contributed by atoms with Crippen LogP contribution in [0.3, 0.4) is 0 Å². The minimum Gasteiger partial charge on any atom is -0.492 e. The van der Waals surface area contributed by atoms with E-state index in [1.165, 1.54) is 5.56 Å². The van der Waals surface area contributed by atoms with Crippen molar-refractivity contribution in [1.82, 2.24) is 10.6 Å². The van der Waals surface area contributed by atoms with Gasteiger partial charge in [-0.25, -0.2) is 0 Å². The smallest absolute Gasteiger partial charge is 0.258 e. The van der Waals surface area contributed by atoms with Gasteiger partial charge in [0.1, 0.15) is 18.1 Å². The molecule has 0 radical (unpaired) electrons. The second kappa shape index (κ2) is 11.1. The van der Waals surface area contributed by atoms with Gasteiger partial charge >= 0.3 is 0 Å². The van der Waals surface area contributed by atoms with Crippen molar-refractivity contribution in [2.45, 2.75) is 44.7 Å². The van der Waals surface area contributed by atoms with Crippen LogP contribution >= 0.6 is 11.6 Å². The zero-order valence-electron chi connectivity index (χ0n) is 16.8. The van der Waals surface area contributed by atoms with Crippen LogP contribution in [0, 0.1) is 6.92 Å². The number of carbonyl (C=O) groups excluding carboxylic acids is 1. The second-order valence-electron chi connectivity index (χ2n) is 7.47. The fourth-order valence-electron chi connectivity index (χ4n) is 3.46. The van der Waals surface area contributed by atoms with Crippen LogP contribution in [-0.4, -0.2) is 37.7 Å². The first-order valence-corrected chi connectivity index (χ1v) is 10.6. The summed E-state index contributed by atoms with van der Waals surface area (Å²) in [5, 5.41) is 7.27. The molecular weight excluding hydrogens is 388 g/mol. The zero-order chi connectivity index (χ0) is 20.5. The highest BCUT2D eigenvalue weighted by Crippen LogP contribution is 2.19. The van der Waals surface area contributed by atoms with Crippen molar-refractivity contribution < 1.29 is 14.3 Å². The third-order valence-corrected chi connectivity index (χ3v) is 5.35. The Morgan fingerprint density at radius 2 is 1.52 bits per heavy atom. The van der Waals surface area contributed by atoms with E-state index in [0.717, 1.165) is 38.0 Å². The molecule has 0 unspecified atom stereocenters. The van der Waals surface area contributed by atoms with Gasteiger partial charge in [0.25, 0.3) is 5.91 Å². The molecule has 0 saturated heterocycles. The highest BCUT2D eigenvalue weighted by molar-refractivity contribution is 6.30. The topological polar surface area (TPSA) is 59.6 Å². The van der Waals surface area contributed by atoms with E-state index in [9.17, 15) is 4.79 Å². The lowest BCUT2D eigenvalue weighted by atomic mass is 9.91. The van der Waals surface area contributed by atoms with Crippen molar-refractivity contribution in [3.05, 3.63) is 59.1 Å². The van der Waals surface area contributed by atoms with Crippen molar-refractivity contribution in [1.29, 1.82) is 0 Å². The van der Waals surface area contributed by atoms with Crippen LogP contribution in [-0.2, 0) is 4.79 Å². The van der Waals surface area contributed by atoms with E-state index >= 15 is 0 Å². The number of nitrogens with one attached hydrogen (secondary N) is 2. The van der Waals surface area contributed by atoms with Crippen LogP contribution in [0.15, 0.2) is 48.5 Å². The summed E-state index contributed by atoms with van der Waals surface area (Å²) >= 11 is 5.84. The maximum atomic E-state index is 12.1. The number of rotatable bonds is 9. The van der Waals surface area contributed by atoms with Gasteiger partial charge in [0.15, 0.2) is 6.61 Å². The first kappa shape index (κ1) is 21.5. The van der Waals surface area contributed by atoms with Crippen LogP contribution in [0.1, 0.15) is 31.2 Å². The Labute approximate surface area is 177 Å². The minimum absolute atomic E-state index is 0.0240. The predicted molar refractivity (Wildman–Crippen MR) is 116 cm³/mol. The Morgan fingerprint density at radius 1 is 0.931 bits per heavy atom. The number of amides is 1. The summed E-state index contributed by atoms with van der Waals surface area (Å²) in [5.74, 6) is 1.47. The Bertz CT molecular complexity index is 757. The third kappa shape index (κ3) is 7.59. The molecule has 156 valence electrons. The van der Waals surface area contributed by atoms with Crippen LogP contribution in [0.4, 0.5) is 0 Å². The maximum absolute atomic E-state index is 12.1. The average molecular weight is 417 g/mol. The predicted octanol–water partition coefficient (Wildman–Crippen LogP) is 4.12. The molecule has 1 fully saturated rings. The molecule has 5 nitrogen and oxygen atoms in total. The summed E-state index contributed by atoms with van der Waals surface area (Å²) in [7, 11) is 0. The molecule has 1 aliphatic carbocycles. The Kier molecular flexibility index (Phi) is 8.20. The molecule has 29 heavy (non-hydrogen) atoms. The van der Waals surface area contributed by atoms with Gasteiger partial charge in [-0.05, 0) is 69.0 Å². The highest BCUT2D eigenvalue weighted by atomic mass is 35.5. The van der Waals surface area contributed by atoms with Crippen LogP contribution < -0.4 is 20.1 Å². The van der Waals surface area contributed by atoms with Gasteiger partial charge < -0.3 is 20.1 Å². The number of carbonyl (C=O) groups is 1. The standard InChI is InChI=1S/C23H29ClN2O3/c1-17-2-10-21(11-3-17)28-15-14-25-19-6-8-20(9-7-19)26-23(27)16-29-22-12-4-18(24)5-13-22/h2-5,10-13,19-20,25H,6-9,14-16H2,1H3,(H,26,27). The van der Waals surface area contributed by atoms with E-state index in [0.29, 0.717) is 23.4 Å². The van der Waals surface area contributed by atoms with Gasteiger partial charge in [0.05, 0.1) is 0 Å². The molecular formula is C23H29ClN2O3. The van der Waals surface area contributed by atoms with Gasteiger partial charge in [-0.3, -0.25) is 4.79 Å². The lowest BCUT2D eigenvalue weighted by Crippen LogP contribution is -2.44. The second-order valence-corrected chi connectivity index (χ2v) is 7.91. The molecule has 2 aromatic carbocycles. The quantitative estimate of drug-likeness (QED) is 0.603. The molecule has 6 heteroatoms. The lowest BCUT2D eigenvalue weighted by molar-refractivity contribution is -0.124. The van der Waals surface area contributed by atoms with E-state index in [2.05, 4.69) is 29.7 Å². The van der Waals surface area contributed by atoms with Crippen molar-refractivity contribution in [3.8, 4) is 11.5 Å². The van der Waals surface area contributed by atoms with Crippen LogP contribution in [0.25, 0.3) is 0 Å². The Morgan fingerprint density at radius 3 is 2.21 bits per heavy atom. The summed E-state index contributed by atoms with van der Waals surface area (Å²) in [5.41, 5.74) is 1.23. The third-order valence-electron chi connectivity index (χ3n) is 5.10.